The van der Waals surface area contributed by atoms with Crippen LogP contribution in [0.5, 0.6) is 0 Å². The molecule has 0 saturated heterocycles. The SMILES string of the molecule is CCN(c1cccc(F)c1)c1ccnc2cc(N)ccc12. The Bertz CT molecular complexity index is 786. The molecule has 0 radical (unpaired) electrons. The lowest BCUT2D eigenvalue weighted by Crippen LogP contribution is -2.16. The highest BCUT2D eigenvalue weighted by Gasteiger charge is 2.12. The van der Waals surface area contributed by atoms with Crippen molar-refractivity contribution in [3.05, 3.63) is 60.5 Å². The predicted molar refractivity (Wildman–Crippen MR) is 85.2 cm³/mol. The van der Waals surface area contributed by atoms with E-state index in [9.17, 15) is 4.39 Å². The quantitative estimate of drug-likeness (QED) is 0.734. The molecule has 1 aromatic heterocycles. The van der Waals surface area contributed by atoms with E-state index in [-0.39, 0.29) is 5.82 Å². The topological polar surface area (TPSA) is 42.2 Å². The molecule has 0 fully saturated rings. The Labute approximate surface area is 122 Å². The standard InChI is InChI=1S/C17H16FN3/c1-2-21(14-5-3-4-12(18)10-14)17-8-9-20-16-11-13(19)6-7-15(16)17/h3-11H,2,19H2,1H3. The van der Waals surface area contributed by atoms with Crippen molar-refractivity contribution in [3.8, 4) is 0 Å². The molecule has 1 heterocycles. The molecule has 0 atom stereocenters. The zero-order valence-electron chi connectivity index (χ0n) is 11.8. The number of benzene rings is 2. The van der Waals surface area contributed by atoms with E-state index in [0.29, 0.717) is 5.69 Å². The van der Waals surface area contributed by atoms with Gasteiger partial charge in [0.2, 0.25) is 0 Å². The fraction of sp³-hybridized carbons (Fsp3) is 0.118. The lowest BCUT2D eigenvalue weighted by Gasteiger charge is -2.24. The minimum Gasteiger partial charge on any atom is -0.399 e. The third-order valence-electron chi connectivity index (χ3n) is 3.47. The van der Waals surface area contributed by atoms with Crippen LogP contribution < -0.4 is 10.6 Å². The second-order valence-corrected chi connectivity index (χ2v) is 4.83. The summed E-state index contributed by atoms with van der Waals surface area (Å²) < 4.78 is 13.5. The van der Waals surface area contributed by atoms with Gasteiger partial charge in [-0.1, -0.05) is 6.07 Å². The van der Waals surface area contributed by atoms with Gasteiger partial charge < -0.3 is 10.6 Å². The van der Waals surface area contributed by atoms with Crippen molar-refractivity contribution in [3.63, 3.8) is 0 Å². The highest BCUT2D eigenvalue weighted by molar-refractivity contribution is 5.95. The minimum absolute atomic E-state index is 0.242. The average Bonchev–Trinajstić information content (AvgIpc) is 2.48. The van der Waals surface area contributed by atoms with E-state index < -0.39 is 0 Å². The van der Waals surface area contributed by atoms with Crippen molar-refractivity contribution in [1.29, 1.82) is 0 Å². The number of hydrogen-bond acceptors (Lipinski definition) is 3. The summed E-state index contributed by atoms with van der Waals surface area (Å²) in [6, 6.07) is 14.2. The molecule has 0 aliphatic carbocycles. The number of anilines is 3. The fourth-order valence-electron chi connectivity index (χ4n) is 2.52. The van der Waals surface area contributed by atoms with Gasteiger partial charge in [-0.3, -0.25) is 4.98 Å². The molecule has 3 rings (SSSR count). The van der Waals surface area contributed by atoms with Crippen LogP contribution in [-0.2, 0) is 0 Å². The lowest BCUT2D eigenvalue weighted by atomic mass is 10.1. The molecule has 0 aliphatic heterocycles. The number of nitrogens with two attached hydrogens (primary N) is 1. The molecule has 0 aliphatic rings. The molecule has 0 saturated carbocycles. The Morgan fingerprint density at radius 1 is 1.14 bits per heavy atom. The van der Waals surface area contributed by atoms with E-state index >= 15 is 0 Å². The first kappa shape index (κ1) is 13.4. The molecule has 2 N–H and O–H groups in total. The Balaban J connectivity index is 2.17. The Kier molecular flexibility index (Phi) is 3.44. The molecule has 0 unspecified atom stereocenters. The second-order valence-electron chi connectivity index (χ2n) is 4.83. The largest absolute Gasteiger partial charge is 0.399 e. The van der Waals surface area contributed by atoms with E-state index in [2.05, 4.69) is 9.88 Å². The van der Waals surface area contributed by atoms with Crippen LogP contribution in [0.2, 0.25) is 0 Å². The van der Waals surface area contributed by atoms with E-state index in [1.165, 1.54) is 12.1 Å². The van der Waals surface area contributed by atoms with Crippen LogP contribution in [0.3, 0.4) is 0 Å². The van der Waals surface area contributed by atoms with Crippen molar-refractivity contribution in [2.24, 2.45) is 0 Å². The van der Waals surface area contributed by atoms with Gasteiger partial charge in [0.25, 0.3) is 0 Å². The minimum atomic E-state index is -0.242. The molecule has 3 nitrogen and oxygen atoms in total. The van der Waals surface area contributed by atoms with E-state index in [0.717, 1.165) is 28.8 Å². The van der Waals surface area contributed by atoms with Crippen LogP contribution in [0, 0.1) is 5.82 Å². The second kappa shape index (κ2) is 5.40. The van der Waals surface area contributed by atoms with Crippen LogP contribution in [0.4, 0.5) is 21.5 Å². The number of aromatic nitrogens is 1. The zero-order valence-corrected chi connectivity index (χ0v) is 11.8. The van der Waals surface area contributed by atoms with Crippen LogP contribution in [0.25, 0.3) is 10.9 Å². The molecule has 0 spiro atoms. The van der Waals surface area contributed by atoms with Gasteiger partial charge >= 0.3 is 0 Å². The maximum absolute atomic E-state index is 13.5. The smallest absolute Gasteiger partial charge is 0.125 e. The van der Waals surface area contributed by atoms with Crippen molar-refractivity contribution in [1.82, 2.24) is 4.98 Å². The number of pyridine rings is 1. The predicted octanol–water partition coefficient (Wildman–Crippen LogP) is 4.11. The van der Waals surface area contributed by atoms with Gasteiger partial charge in [-0.2, -0.15) is 0 Å². The summed E-state index contributed by atoms with van der Waals surface area (Å²) >= 11 is 0. The summed E-state index contributed by atoms with van der Waals surface area (Å²) in [4.78, 5) is 6.41. The summed E-state index contributed by atoms with van der Waals surface area (Å²) in [7, 11) is 0. The molecule has 0 amide bonds. The summed E-state index contributed by atoms with van der Waals surface area (Å²) in [5.41, 5.74) is 9.14. The third kappa shape index (κ3) is 2.52. The molecule has 2 aromatic carbocycles. The number of hydrogen-bond donors (Lipinski definition) is 1. The van der Waals surface area contributed by atoms with Gasteiger partial charge in [-0.05, 0) is 49.4 Å². The normalized spacial score (nSPS) is 10.8. The summed E-state index contributed by atoms with van der Waals surface area (Å²) in [6.07, 6.45) is 1.75. The highest BCUT2D eigenvalue weighted by Crippen LogP contribution is 2.32. The van der Waals surface area contributed by atoms with Crippen LogP contribution in [-0.4, -0.2) is 11.5 Å². The van der Waals surface area contributed by atoms with Gasteiger partial charge in [0, 0.05) is 29.5 Å². The number of fused-ring (bicyclic) bond motifs is 1. The van der Waals surface area contributed by atoms with Crippen molar-refractivity contribution in [2.45, 2.75) is 6.92 Å². The maximum atomic E-state index is 13.5. The molecule has 4 heteroatoms. The maximum Gasteiger partial charge on any atom is 0.125 e. The van der Waals surface area contributed by atoms with Crippen molar-refractivity contribution >= 4 is 28.0 Å². The molecule has 3 aromatic rings. The molecular formula is C17H16FN3. The Hall–Kier alpha value is -2.62. The van der Waals surface area contributed by atoms with Crippen LogP contribution in [0.15, 0.2) is 54.7 Å². The van der Waals surface area contributed by atoms with E-state index in [1.807, 2.05) is 37.3 Å². The van der Waals surface area contributed by atoms with Gasteiger partial charge in [0.1, 0.15) is 5.82 Å². The van der Waals surface area contributed by atoms with Crippen molar-refractivity contribution in [2.75, 3.05) is 17.2 Å². The molecule has 106 valence electrons. The highest BCUT2D eigenvalue weighted by atomic mass is 19.1. The Morgan fingerprint density at radius 2 is 2.00 bits per heavy atom. The van der Waals surface area contributed by atoms with E-state index in [4.69, 9.17) is 5.73 Å². The van der Waals surface area contributed by atoms with E-state index in [1.54, 1.807) is 12.3 Å². The fourth-order valence-corrected chi connectivity index (χ4v) is 2.52. The summed E-state index contributed by atoms with van der Waals surface area (Å²) in [6.45, 7) is 2.77. The van der Waals surface area contributed by atoms with Crippen LogP contribution in [0.1, 0.15) is 6.92 Å². The molecular weight excluding hydrogens is 265 g/mol. The summed E-state index contributed by atoms with van der Waals surface area (Å²) in [5, 5.41) is 0.998. The van der Waals surface area contributed by atoms with Gasteiger partial charge in [-0.25, -0.2) is 4.39 Å². The van der Waals surface area contributed by atoms with Gasteiger partial charge in [0.15, 0.2) is 0 Å². The number of rotatable bonds is 3. The molecule has 21 heavy (non-hydrogen) atoms. The number of halogens is 1. The van der Waals surface area contributed by atoms with Crippen LogP contribution >= 0.6 is 0 Å². The lowest BCUT2D eigenvalue weighted by molar-refractivity contribution is 0.627. The first-order chi connectivity index (χ1) is 10.2. The zero-order chi connectivity index (χ0) is 14.8. The van der Waals surface area contributed by atoms with Gasteiger partial charge in [-0.15, -0.1) is 0 Å². The Morgan fingerprint density at radius 3 is 2.76 bits per heavy atom. The van der Waals surface area contributed by atoms with Crippen molar-refractivity contribution < 1.29 is 4.39 Å². The molecule has 0 bridgehead atoms. The first-order valence-electron chi connectivity index (χ1n) is 6.86. The summed E-state index contributed by atoms with van der Waals surface area (Å²) in [5.74, 6) is -0.242. The number of nitrogen functional groups attached to an aromatic ring is 1. The van der Waals surface area contributed by atoms with Gasteiger partial charge in [0.05, 0.1) is 11.2 Å². The first-order valence-corrected chi connectivity index (χ1v) is 6.86. The monoisotopic (exact) mass is 281 g/mol. The third-order valence-corrected chi connectivity index (χ3v) is 3.47. The number of nitrogens with zero attached hydrogens (tertiary/aromatic N) is 2. The average molecular weight is 281 g/mol.